The van der Waals surface area contributed by atoms with Gasteiger partial charge in [0, 0.05) is 6.07 Å². The van der Waals surface area contributed by atoms with Gasteiger partial charge in [0.25, 0.3) is 0 Å². The highest BCUT2D eigenvalue weighted by atomic mass is 16.6. The van der Waals surface area contributed by atoms with E-state index in [0.717, 1.165) is 0 Å². The molecule has 0 aliphatic rings. The van der Waals surface area contributed by atoms with Crippen molar-refractivity contribution in [2.75, 3.05) is 5.32 Å². The number of nitrogens with one attached hydrogen (secondary N) is 1. The molecule has 1 aromatic heterocycles. The molecule has 102 valence electrons. The minimum atomic E-state index is -0.809. The van der Waals surface area contributed by atoms with E-state index in [-0.39, 0.29) is 5.82 Å². The summed E-state index contributed by atoms with van der Waals surface area (Å²) < 4.78 is 10.1. The maximum atomic E-state index is 11.6. The molecule has 0 bridgehead atoms. The topological polar surface area (TPSA) is 88.2 Å². The van der Waals surface area contributed by atoms with Crippen molar-refractivity contribution in [2.24, 2.45) is 0 Å². The van der Waals surface area contributed by atoms with Crippen LogP contribution in [0.3, 0.4) is 0 Å². The van der Waals surface area contributed by atoms with Gasteiger partial charge in [0.15, 0.2) is 11.6 Å². The highest BCUT2D eigenvalue weighted by Gasteiger charge is 2.25. The van der Waals surface area contributed by atoms with E-state index in [0.29, 0.717) is 11.5 Å². The van der Waals surface area contributed by atoms with E-state index in [1.807, 2.05) is 6.07 Å². The number of carbonyl (C=O) groups excluding carboxylic acids is 1. The Morgan fingerprint density at radius 2 is 2.10 bits per heavy atom. The second kappa shape index (κ2) is 5.45. The van der Waals surface area contributed by atoms with Gasteiger partial charge in [-0.25, -0.2) is 4.79 Å². The molecule has 0 saturated heterocycles. The SMILES string of the molecule is CC(C)(C#N)c1cc(NC(=O)Oc2ccccc2)no1. The average Bonchev–Trinajstić information content (AvgIpc) is 2.89. The van der Waals surface area contributed by atoms with Crippen molar-refractivity contribution in [1.29, 1.82) is 5.26 Å². The first-order chi connectivity index (χ1) is 9.51. The van der Waals surface area contributed by atoms with Crippen LogP contribution < -0.4 is 10.1 Å². The van der Waals surface area contributed by atoms with Crippen LogP contribution in [0.25, 0.3) is 0 Å². The zero-order valence-corrected chi connectivity index (χ0v) is 11.1. The molecule has 6 nitrogen and oxygen atoms in total. The van der Waals surface area contributed by atoms with E-state index in [2.05, 4.69) is 16.5 Å². The van der Waals surface area contributed by atoms with E-state index >= 15 is 0 Å². The molecule has 1 N–H and O–H groups in total. The van der Waals surface area contributed by atoms with Crippen LogP contribution in [0, 0.1) is 11.3 Å². The molecule has 0 radical (unpaired) electrons. The van der Waals surface area contributed by atoms with Gasteiger partial charge in [0.2, 0.25) is 0 Å². The highest BCUT2D eigenvalue weighted by Crippen LogP contribution is 2.24. The number of para-hydroxylation sites is 1. The van der Waals surface area contributed by atoms with Gasteiger partial charge in [-0.3, -0.25) is 5.32 Å². The van der Waals surface area contributed by atoms with E-state index in [4.69, 9.17) is 14.5 Å². The molecule has 20 heavy (non-hydrogen) atoms. The van der Waals surface area contributed by atoms with Crippen LogP contribution in [-0.4, -0.2) is 11.2 Å². The predicted molar refractivity (Wildman–Crippen MR) is 71.2 cm³/mol. The molecule has 1 heterocycles. The normalized spacial score (nSPS) is 10.7. The van der Waals surface area contributed by atoms with Crippen molar-refractivity contribution in [3.05, 3.63) is 42.2 Å². The number of hydrogen-bond acceptors (Lipinski definition) is 5. The molecule has 0 saturated carbocycles. The number of hydrogen-bond donors (Lipinski definition) is 1. The summed E-state index contributed by atoms with van der Waals surface area (Å²) in [5.74, 6) is 0.991. The largest absolute Gasteiger partial charge is 0.418 e. The molecular formula is C14H13N3O3. The maximum absolute atomic E-state index is 11.6. The summed E-state index contributed by atoms with van der Waals surface area (Å²) in [7, 11) is 0. The predicted octanol–water partition coefficient (Wildman–Crippen LogP) is 3.09. The molecule has 0 aliphatic heterocycles. The second-order valence-electron chi connectivity index (χ2n) is 4.64. The number of carbonyl (C=O) groups is 1. The van der Waals surface area contributed by atoms with E-state index in [1.54, 1.807) is 38.1 Å². The number of ether oxygens (including phenoxy) is 1. The van der Waals surface area contributed by atoms with Gasteiger partial charge in [-0.2, -0.15) is 5.26 Å². The number of benzene rings is 1. The van der Waals surface area contributed by atoms with Gasteiger partial charge in [-0.1, -0.05) is 23.4 Å². The molecule has 0 aliphatic carbocycles. The first-order valence-corrected chi connectivity index (χ1v) is 5.93. The quantitative estimate of drug-likeness (QED) is 0.926. The zero-order valence-electron chi connectivity index (χ0n) is 11.1. The number of anilines is 1. The summed E-state index contributed by atoms with van der Waals surface area (Å²) >= 11 is 0. The molecule has 0 unspecified atom stereocenters. The molecule has 1 amide bonds. The van der Waals surface area contributed by atoms with Gasteiger partial charge in [0.05, 0.1) is 6.07 Å². The van der Waals surface area contributed by atoms with E-state index < -0.39 is 11.5 Å². The summed E-state index contributed by atoms with van der Waals surface area (Å²) in [4.78, 5) is 11.6. The number of nitriles is 1. The lowest BCUT2D eigenvalue weighted by Crippen LogP contribution is -2.17. The lowest BCUT2D eigenvalue weighted by Gasteiger charge is -2.08. The Bertz CT molecular complexity index is 641. The maximum Gasteiger partial charge on any atom is 0.418 e. The third kappa shape index (κ3) is 3.14. The van der Waals surface area contributed by atoms with Gasteiger partial charge in [-0.05, 0) is 26.0 Å². The minimum absolute atomic E-state index is 0.198. The number of nitrogens with zero attached hydrogens (tertiary/aromatic N) is 2. The van der Waals surface area contributed by atoms with Crippen molar-refractivity contribution in [3.8, 4) is 11.8 Å². The Kier molecular flexibility index (Phi) is 3.71. The van der Waals surface area contributed by atoms with E-state index in [1.165, 1.54) is 6.07 Å². The monoisotopic (exact) mass is 271 g/mol. The molecule has 2 aromatic rings. The first-order valence-electron chi connectivity index (χ1n) is 5.93. The van der Waals surface area contributed by atoms with Crippen LogP contribution in [0.4, 0.5) is 10.6 Å². The fourth-order valence-corrected chi connectivity index (χ4v) is 1.41. The molecule has 1 aromatic carbocycles. The fourth-order valence-electron chi connectivity index (χ4n) is 1.41. The van der Waals surface area contributed by atoms with Crippen LogP contribution in [0.15, 0.2) is 40.9 Å². The van der Waals surface area contributed by atoms with Crippen LogP contribution in [-0.2, 0) is 5.41 Å². The lowest BCUT2D eigenvalue weighted by molar-refractivity contribution is 0.215. The summed E-state index contributed by atoms with van der Waals surface area (Å²) in [6, 6.07) is 12.2. The van der Waals surface area contributed by atoms with Gasteiger partial charge in [-0.15, -0.1) is 0 Å². The standard InChI is InChI=1S/C14H13N3O3/c1-14(2,9-15)11-8-12(17-20-11)16-13(18)19-10-6-4-3-5-7-10/h3-8H,1-2H3,(H,16,17,18). The molecule has 2 rings (SSSR count). The molecule has 6 heteroatoms. The van der Waals surface area contributed by atoms with Crippen molar-refractivity contribution in [1.82, 2.24) is 5.16 Å². The molecular weight excluding hydrogens is 258 g/mol. The smallest absolute Gasteiger partial charge is 0.410 e. The Balaban J connectivity index is 2.01. The summed E-state index contributed by atoms with van der Waals surface area (Å²) in [5.41, 5.74) is -0.809. The third-order valence-electron chi connectivity index (χ3n) is 2.59. The van der Waals surface area contributed by atoms with Crippen LogP contribution in [0.5, 0.6) is 5.75 Å². The highest BCUT2D eigenvalue weighted by molar-refractivity contribution is 5.85. The van der Waals surface area contributed by atoms with Crippen molar-refractivity contribution >= 4 is 11.9 Å². The number of rotatable bonds is 3. The Labute approximate surface area is 115 Å². The fraction of sp³-hybridized carbons (Fsp3) is 0.214. The molecule has 0 fully saturated rings. The van der Waals surface area contributed by atoms with Gasteiger partial charge >= 0.3 is 6.09 Å². The third-order valence-corrected chi connectivity index (χ3v) is 2.59. The van der Waals surface area contributed by atoms with Crippen LogP contribution >= 0.6 is 0 Å². The molecule has 0 spiro atoms. The average molecular weight is 271 g/mol. The summed E-state index contributed by atoms with van der Waals surface area (Å²) in [5, 5.41) is 15.1. The number of aromatic nitrogens is 1. The minimum Gasteiger partial charge on any atom is -0.410 e. The first kappa shape index (κ1) is 13.6. The van der Waals surface area contributed by atoms with Crippen LogP contribution in [0.1, 0.15) is 19.6 Å². The van der Waals surface area contributed by atoms with Crippen molar-refractivity contribution in [2.45, 2.75) is 19.3 Å². The summed E-state index contributed by atoms with van der Waals surface area (Å²) in [6.07, 6.45) is -0.675. The van der Waals surface area contributed by atoms with Crippen molar-refractivity contribution < 1.29 is 14.1 Å². The van der Waals surface area contributed by atoms with Crippen molar-refractivity contribution in [3.63, 3.8) is 0 Å². The van der Waals surface area contributed by atoms with Crippen LogP contribution in [0.2, 0.25) is 0 Å². The Morgan fingerprint density at radius 1 is 1.40 bits per heavy atom. The van der Waals surface area contributed by atoms with E-state index in [9.17, 15) is 4.79 Å². The number of amides is 1. The Morgan fingerprint density at radius 3 is 2.75 bits per heavy atom. The lowest BCUT2D eigenvalue weighted by atomic mass is 9.93. The summed E-state index contributed by atoms with van der Waals surface area (Å²) in [6.45, 7) is 3.39. The van der Waals surface area contributed by atoms with Gasteiger partial charge < -0.3 is 9.26 Å². The molecule has 0 atom stereocenters. The van der Waals surface area contributed by atoms with Gasteiger partial charge in [0.1, 0.15) is 11.2 Å². The Hall–Kier alpha value is -2.81. The zero-order chi connectivity index (χ0) is 14.6. The second-order valence-corrected chi connectivity index (χ2v) is 4.64.